The smallest absolute Gasteiger partial charge is 0.335 e. The Morgan fingerprint density at radius 2 is 1.96 bits per heavy atom. The molecular weight excluding hydrogens is 332 g/mol. The third-order valence-electron chi connectivity index (χ3n) is 5.42. The molecule has 6 nitrogen and oxygen atoms in total. The molecule has 132 valence electrons. The zero-order valence-corrected chi connectivity index (χ0v) is 14.2. The maximum Gasteiger partial charge on any atom is 0.335 e. The van der Waals surface area contributed by atoms with Crippen LogP contribution in [0.4, 0.5) is 11.4 Å². The van der Waals surface area contributed by atoms with E-state index in [0.717, 1.165) is 28.8 Å². The van der Waals surface area contributed by atoms with E-state index in [9.17, 15) is 14.9 Å². The van der Waals surface area contributed by atoms with Crippen molar-refractivity contribution in [2.75, 3.05) is 5.32 Å². The summed E-state index contributed by atoms with van der Waals surface area (Å²) in [5, 5.41) is 24.1. The Morgan fingerprint density at radius 3 is 2.62 bits per heavy atom. The van der Waals surface area contributed by atoms with E-state index >= 15 is 0 Å². The van der Waals surface area contributed by atoms with Crippen molar-refractivity contribution in [1.82, 2.24) is 0 Å². The fourth-order valence-corrected chi connectivity index (χ4v) is 4.16. The molecule has 0 amide bonds. The number of carboxylic acids is 1. The van der Waals surface area contributed by atoms with E-state index in [1.54, 1.807) is 24.3 Å². The van der Waals surface area contributed by atoms with Gasteiger partial charge in [0.05, 0.1) is 22.1 Å². The molecule has 1 heterocycles. The summed E-state index contributed by atoms with van der Waals surface area (Å²) in [4.78, 5) is 22.3. The Bertz CT molecular complexity index is 934. The van der Waals surface area contributed by atoms with Crippen molar-refractivity contribution in [3.63, 3.8) is 0 Å². The minimum absolute atomic E-state index is 0.0179. The number of hydrogen-bond donors (Lipinski definition) is 2. The van der Waals surface area contributed by atoms with Crippen molar-refractivity contribution in [3.05, 3.63) is 80.9 Å². The van der Waals surface area contributed by atoms with Crippen molar-refractivity contribution >= 4 is 17.3 Å². The highest BCUT2D eigenvalue weighted by Gasteiger charge is 2.42. The van der Waals surface area contributed by atoms with E-state index in [2.05, 4.69) is 17.5 Å². The van der Waals surface area contributed by atoms with E-state index in [-0.39, 0.29) is 34.1 Å². The molecule has 2 aliphatic rings. The molecule has 0 saturated heterocycles. The molecule has 0 saturated carbocycles. The predicted molar refractivity (Wildman–Crippen MR) is 97.6 cm³/mol. The normalized spacial score (nSPS) is 23.0. The first-order chi connectivity index (χ1) is 12.5. The first kappa shape index (κ1) is 16.3. The number of benzene rings is 2. The van der Waals surface area contributed by atoms with Crippen LogP contribution in [-0.4, -0.2) is 16.0 Å². The van der Waals surface area contributed by atoms with Gasteiger partial charge in [0, 0.05) is 17.7 Å². The number of aromatic carboxylic acids is 1. The van der Waals surface area contributed by atoms with Crippen molar-refractivity contribution < 1.29 is 14.8 Å². The molecule has 4 rings (SSSR count). The zero-order chi connectivity index (χ0) is 18.4. The van der Waals surface area contributed by atoms with Gasteiger partial charge in [0.1, 0.15) is 0 Å². The van der Waals surface area contributed by atoms with Crippen LogP contribution in [-0.2, 0) is 0 Å². The number of carboxylic acid groups (broad SMARTS) is 1. The molecule has 0 spiro atoms. The molecule has 3 atom stereocenters. The minimum Gasteiger partial charge on any atom is -0.478 e. The lowest BCUT2D eigenvalue weighted by Gasteiger charge is -2.38. The van der Waals surface area contributed by atoms with Gasteiger partial charge in [-0.15, -0.1) is 0 Å². The summed E-state index contributed by atoms with van der Waals surface area (Å²) in [6, 6.07) is 10.2. The molecule has 0 aromatic heterocycles. The number of rotatable bonds is 3. The third-order valence-corrected chi connectivity index (χ3v) is 5.42. The molecule has 2 aromatic rings. The summed E-state index contributed by atoms with van der Waals surface area (Å²) in [6.07, 6.45) is 4.97. The predicted octanol–water partition coefficient (Wildman–Crippen LogP) is 4.43. The maximum atomic E-state index is 11.5. The van der Waals surface area contributed by atoms with Crippen LogP contribution >= 0.6 is 0 Å². The number of fused-ring (bicyclic) bond motifs is 3. The monoisotopic (exact) mass is 350 g/mol. The highest BCUT2D eigenvalue weighted by molar-refractivity contribution is 5.87. The highest BCUT2D eigenvalue weighted by Crippen LogP contribution is 2.53. The SMILES string of the molecule is Cc1ccc([N+](=O)[O-])c2c1N[C@H](c1ccc(C(=O)O)cc1)[C@H]1CC=C[C@H]21. The van der Waals surface area contributed by atoms with Crippen molar-refractivity contribution in [2.45, 2.75) is 25.3 Å². The number of nitrogens with one attached hydrogen (secondary N) is 1. The molecule has 1 aliphatic carbocycles. The van der Waals surface area contributed by atoms with Crippen LogP contribution in [0, 0.1) is 23.0 Å². The number of nitro groups is 1. The second kappa shape index (κ2) is 5.98. The molecule has 2 aromatic carbocycles. The number of aryl methyl sites for hydroxylation is 1. The molecule has 1 aliphatic heterocycles. The van der Waals surface area contributed by atoms with E-state index < -0.39 is 5.97 Å². The number of allylic oxidation sites excluding steroid dienone is 2. The third kappa shape index (κ3) is 2.45. The topological polar surface area (TPSA) is 92.5 Å². The number of carbonyl (C=O) groups is 1. The van der Waals surface area contributed by atoms with E-state index in [1.807, 2.05) is 19.1 Å². The summed E-state index contributed by atoms with van der Waals surface area (Å²) in [5.74, 6) is -0.806. The van der Waals surface area contributed by atoms with Crippen LogP contribution in [0.3, 0.4) is 0 Å². The summed E-state index contributed by atoms with van der Waals surface area (Å²) in [6.45, 7) is 1.94. The summed E-state index contributed by atoms with van der Waals surface area (Å²) >= 11 is 0. The standard InChI is InChI=1S/C20H18N2O4/c1-11-5-10-16(22(25)26)17-14-3-2-4-15(14)19(21-18(11)17)12-6-8-13(9-7-12)20(23)24/h2-3,5-10,14-15,19,21H,4H2,1H3,(H,23,24)/t14-,15-,19+/m0/s1. The second-order valence-electron chi connectivity index (χ2n) is 6.85. The molecule has 2 N–H and O–H groups in total. The molecule has 0 radical (unpaired) electrons. The fourth-order valence-electron chi connectivity index (χ4n) is 4.16. The Labute approximate surface area is 150 Å². The van der Waals surface area contributed by atoms with Gasteiger partial charge in [-0.3, -0.25) is 10.1 Å². The fraction of sp³-hybridized carbons (Fsp3) is 0.250. The Balaban J connectivity index is 1.81. The molecular formula is C20H18N2O4. The molecule has 0 fully saturated rings. The number of hydrogen-bond acceptors (Lipinski definition) is 4. The van der Waals surface area contributed by atoms with Crippen LogP contribution in [0.1, 0.15) is 45.4 Å². The Hall–Kier alpha value is -3.15. The van der Waals surface area contributed by atoms with Gasteiger partial charge in [-0.1, -0.05) is 30.4 Å². The van der Waals surface area contributed by atoms with E-state index in [1.165, 1.54) is 0 Å². The molecule has 26 heavy (non-hydrogen) atoms. The van der Waals surface area contributed by atoms with E-state index in [4.69, 9.17) is 5.11 Å². The van der Waals surface area contributed by atoms with Gasteiger partial charge >= 0.3 is 5.97 Å². The second-order valence-corrected chi connectivity index (χ2v) is 6.85. The molecule has 6 heteroatoms. The quantitative estimate of drug-likeness (QED) is 0.485. The largest absolute Gasteiger partial charge is 0.478 e. The van der Waals surface area contributed by atoms with Crippen molar-refractivity contribution in [3.8, 4) is 0 Å². The van der Waals surface area contributed by atoms with Gasteiger partial charge in [0.15, 0.2) is 0 Å². The van der Waals surface area contributed by atoms with E-state index in [0.29, 0.717) is 0 Å². The van der Waals surface area contributed by atoms with Gasteiger partial charge < -0.3 is 10.4 Å². The summed E-state index contributed by atoms with van der Waals surface area (Å²) < 4.78 is 0. The van der Waals surface area contributed by atoms with Crippen LogP contribution in [0.15, 0.2) is 48.6 Å². The number of nitrogens with zero attached hydrogens (tertiary/aromatic N) is 1. The van der Waals surface area contributed by atoms with Gasteiger partial charge in [-0.25, -0.2) is 4.79 Å². The van der Waals surface area contributed by atoms with Crippen LogP contribution in [0.5, 0.6) is 0 Å². The molecule has 0 bridgehead atoms. The van der Waals surface area contributed by atoms with Crippen LogP contribution in [0.25, 0.3) is 0 Å². The van der Waals surface area contributed by atoms with Crippen LogP contribution < -0.4 is 5.32 Å². The van der Waals surface area contributed by atoms with Crippen LogP contribution in [0.2, 0.25) is 0 Å². The Kier molecular flexibility index (Phi) is 3.76. The zero-order valence-electron chi connectivity index (χ0n) is 14.2. The minimum atomic E-state index is -0.953. The number of anilines is 1. The summed E-state index contributed by atoms with van der Waals surface area (Å²) in [5.41, 5.74) is 3.94. The van der Waals surface area contributed by atoms with Gasteiger partial charge in [0.25, 0.3) is 5.69 Å². The van der Waals surface area contributed by atoms with Gasteiger partial charge in [0.2, 0.25) is 0 Å². The lowest BCUT2D eigenvalue weighted by atomic mass is 9.75. The maximum absolute atomic E-state index is 11.5. The highest BCUT2D eigenvalue weighted by atomic mass is 16.6. The average Bonchev–Trinajstić information content (AvgIpc) is 3.11. The molecule has 0 unspecified atom stereocenters. The van der Waals surface area contributed by atoms with Gasteiger partial charge in [-0.2, -0.15) is 0 Å². The first-order valence-corrected chi connectivity index (χ1v) is 8.51. The summed E-state index contributed by atoms with van der Waals surface area (Å²) in [7, 11) is 0. The van der Waals surface area contributed by atoms with Gasteiger partial charge in [-0.05, 0) is 42.5 Å². The first-order valence-electron chi connectivity index (χ1n) is 8.51. The lowest BCUT2D eigenvalue weighted by molar-refractivity contribution is -0.385. The Morgan fingerprint density at radius 1 is 1.23 bits per heavy atom. The lowest BCUT2D eigenvalue weighted by Crippen LogP contribution is -2.30. The number of nitro benzene ring substituents is 1. The van der Waals surface area contributed by atoms with Crippen molar-refractivity contribution in [1.29, 1.82) is 0 Å². The van der Waals surface area contributed by atoms with Crippen molar-refractivity contribution in [2.24, 2.45) is 5.92 Å². The average molecular weight is 350 g/mol.